The molecule has 0 aliphatic heterocycles. The van der Waals surface area contributed by atoms with Crippen molar-refractivity contribution in [3.8, 4) is 6.07 Å². The fourth-order valence-corrected chi connectivity index (χ4v) is 1.28. The summed E-state index contributed by atoms with van der Waals surface area (Å²) in [6, 6.07) is 10.8. The number of halogens is 1. The average molecular weight is 235 g/mol. The maximum Gasteiger partial charge on any atom is 0.242 e. The topological polar surface area (TPSA) is 52.9 Å². The second-order valence-electron chi connectivity index (χ2n) is 3.21. The van der Waals surface area contributed by atoms with Crippen LogP contribution in [0.1, 0.15) is 11.5 Å². The van der Waals surface area contributed by atoms with Crippen molar-refractivity contribution in [2.75, 3.05) is 6.54 Å². The number of hydrogen-bond donors (Lipinski definition) is 1. The van der Waals surface area contributed by atoms with Gasteiger partial charge in [0.1, 0.15) is 5.92 Å². The molecule has 1 aromatic rings. The third kappa shape index (κ3) is 3.41. The SMILES string of the molecule is C=C(Cl)CNC(=O)C(C#N)c1ccccc1. The number of nitrogens with zero attached hydrogens (tertiary/aromatic N) is 1. The van der Waals surface area contributed by atoms with Gasteiger partial charge in [-0.25, -0.2) is 0 Å². The van der Waals surface area contributed by atoms with Crippen LogP contribution in [0.15, 0.2) is 41.9 Å². The van der Waals surface area contributed by atoms with Gasteiger partial charge in [-0.2, -0.15) is 5.26 Å². The molecule has 0 spiro atoms. The standard InChI is InChI=1S/C12H11ClN2O/c1-9(13)8-15-12(16)11(7-14)10-5-3-2-4-6-10/h2-6,11H,1,8H2,(H,15,16). The predicted molar refractivity (Wildman–Crippen MR) is 62.8 cm³/mol. The third-order valence-electron chi connectivity index (χ3n) is 1.98. The van der Waals surface area contributed by atoms with E-state index in [0.29, 0.717) is 10.6 Å². The van der Waals surface area contributed by atoms with Gasteiger partial charge in [0.15, 0.2) is 0 Å². The lowest BCUT2D eigenvalue weighted by atomic mass is 10.00. The third-order valence-corrected chi connectivity index (χ3v) is 2.11. The number of rotatable bonds is 4. The van der Waals surface area contributed by atoms with Gasteiger partial charge < -0.3 is 5.32 Å². The molecule has 0 aliphatic rings. The molecule has 1 aromatic carbocycles. The van der Waals surface area contributed by atoms with E-state index in [4.69, 9.17) is 16.9 Å². The highest BCUT2D eigenvalue weighted by Gasteiger charge is 2.19. The summed E-state index contributed by atoms with van der Waals surface area (Å²) >= 11 is 5.52. The lowest BCUT2D eigenvalue weighted by Gasteiger charge is -2.09. The first-order chi connectivity index (χ1) is 7.65. The van der Waals surface area contributed by atoms with E-state index in [1.54, 1.807) is 24.3 Å². The molecule has 1 N–H and O–H groups in total. The van der Waals surface area contributed by atoms with Gasteiger partial charge in [-0.15, -0.1) is 0 Å². The fourth-order valence-electron chi connectivity index (χ4n) is 1.22. The largest absolute Gasteiger partial charge is 0.350 e. The molecule has 1 rings (SSSR count). The molecule has 0 fully saturated rings. The molecule has 1 amide bonds. The van der Waals surface area contributed by atoms with Gasteiger partial charge in [-0.1, -0.05) is 48.5 Å². The minimum Gasteiger partial charge on any atom is -0.350 e. The highest BCUT2D eigenvalue weighted by Crippen LogP contribution is 2.14. The van der Waals surface area contributed by atoms with Gasteiger partial charge in [0, 0.05) is 5.03 Å². The molecule has 82 valence electrons. The Morgan fingerprint density at radius 1 is 1.50 bits per heavy atom. The first kappa shape index (κ1) is 12.3. The van der Waals surface area contributed by atoms with Crippen molar-refractivity contribution >= 4 is 17.5 Å². The van der Waals surface area contributed by atoms with E-state index in [1.807, 2.05) is 12.1 Å². The second-order valence-corrected chi connectivity index (χ2v) is 3.74. The molecule has 16 heavy (non-hydrogen) atoms. The summed E-state index contributed by atoms with van der Waals surface area (Å²) in [4.78, 5) is 11.6. The van der Waals surface area contributed by atoms with Crippen LogP contribution in [-0.4, -0.2) is 12.5 Å². The maximum absolute atomic E-state index is 11.6. The molecule has 1 unspecified atom stereocenters. The zero-order valence-electron chi connectivity index (χ0n) is 8.61. The molecule has 0 radical (unpaired) electrons. The number of amides is 1. The summed E-state index contributed by atoms with van der Waals surface area (Å²) in [5.74, 6) is -1.17. The Hall–Kier alpha value is -1.79. The maximum atomic E-state index is 11.6. The molecule has 0 heterocycles. The summed E-state index contributed by atoms with van der Waals surface area (Å²) < 4.78 is 0. The molecular formula is C12H11ClN2O. The summed E-state index contributed by atoms with van der Waals surface area (Å²) in [7, 11) is 0. The number of nitrogens with one attached hydrogen (secondary N) is 1. The van der Waals surface area contributed by atoms with E-state index in [9.17, 15) is 4.79 Å². The van der Waals surface area contributed by atoms with Crippen LogP contribution in [0, 0.1) is 11.3 Å². The number of carbonyl (C=O) groups is 1. The number of carbonyl (C=O) groups excluding carboxylic acids is 1. The smallest absolute Gasteiger partial charge is 0.242 e. The normalized spacial score (nSPS) is 11.2. The molecule has 1 atom stereocenters. The Bertz CT molecular complexity index is 422. The van der Waals surface area contributed by atoms with E-state index < -0.39 is 5.92 Å². The molecular weight excluding hydrogens is 224 g/mol. The van der Waals surface area contributed by atoms with Crippen molar-refractivity contribution in [3.63, 3.8) is 0 Å². The first-order valence-corrected chi connectivity index (χ1v) is 5.08. The van der Waals surface area contributed by atoms with Crippen molar-refractivity contribution < 1.29 is 4.79 Å². The van der Waals surface area contributed by atoms with Crippen LogP contribution >= 0.6 is 11.6 Å². The van der Waals surface area contributed by atoms with Crippen molar-refractivity contribution in [1.82, 2.24) is 5.32 Å². The van der Waals surface area contributed by atoms with Crippen molar-refractivity contribution in [1.29, 1.82) is 5.26 Å². The summed E-state index contributed by atoms with van der Waals surface area (Å²) in [6.07, 6.45) is 0. The van der Waals surface area contributed by atoms with Gasteiger partial charge in [-0.3, -0.25) is 4.79 Å². The van der Waals surface area contributed by atoms with Crippen molar-refractivity contribution in [2.45, 2.75) is 5.92 Å². The number of hydrogen-bond acceptors (Lipinski definition) is 2. The van der Waals surface area contributed by atoms with Crippen molar-refractivity contribution in [2.24, 2.45) is 0 Å². The second kappa shape index (κ2) is 5.94. The lowest BCUT2D eigenvalue weighted by molar-refractivity contribution is -0.121. The highest BCUT2D eigenvalue weighted by atomic mass is 35.5. The number of benzene rings is 1. The summed E-state index contributed by atoms with van der Waals surface area (Å²) in [5.41, 5.74) is 0.669. The van der Waals surface area contributed by atoms with Gasteiger partial charge in [-0.05, 0) is 5.56 Å². The quantitative estimate of drug-likeness (QED) is 0.868. The predicted octanol–water partition coefficient (Wildman–Crippen LogP) is 2.16. The summed E-state index contributed by atoms with van der Waals surface area (Å²) in [5, 5.41) is 11.8. The summed E-state index contributed by atoms with van der Waals surface area (Å²) in [6.45, 7) is 3.62. The van der Waals surface area contributed by atoms with Gasteiger partial charge in [0.2, 0.25) is 5.91 Å². The Kier molecular flexibility index (Phi) is 4.56. The zero-order valence-corrected chi connectivity index (χ0v) is 9.37. The van der Waals surface area contributed by atoms with Crippen LogP contribution < -0.4 is 5.32 Å². The molecule has 0 bridgehead atoms. The van der Waals surface area contributed by atoms with E-state index in [0.717, 1.165) is 0 Å². The Morgan fingerprint density at radius 3 is 2.62 bits per heavy atom. The molecule has 3 nitrogen and oxygen atoms in total. The van der Waals surface area contributed by atoms with E-state index in [-0.39, 0.29) is 12.5 Å². The average Bonchev–Trinajstić information content (AvgIpc) is 2.29. The Morgan fingerprint density at radius 2 is 2.12 bits per heavy atom. The monoisotopic (exact) mass is 234 g/mol. The van der Waals surface area contributed by atoms with Crippen LogP contribution in [0.2, 0.25) is 0 Å². The molecule has 0 saturated carbocycles. The first-order valence-electron chi connectivity index (χ1n) is 4.70. The molecule has 0 aromatic heterocycles. The van der Waals surface area contributed by atoms with Gasteiger partial charge in [0.25, 0.3) is 0 Å². The molecule has 0 aliphatic carbocycles. The minimum absolute atomic E-state index is 0.172. The van der Waals surface area contributed by atoms with E-state index >= 15 is 0 Å². The van der Waals surface area contributed by atoms with E-state index in [1.165, 1.54) is 0 Å². The fraction of sp³-hybridized carbons (Fsp3) is 0.167. The molecule has 0 saturated heterocycles. The van der Waals surface area contributed by atoms with Crippen LogP contribution in [0.4, 0.5) is 0 Å². The molecule has 4 heteroatoms. The van der Waals surface area contributed by atoms with Crippen LogP contribution in [-0.2, 0) is 4.79 Å². The highest BCUT2D eigenvalue weighted by molar-refractivity contribution is 6.29. The van der Waals surface area contributed by atoms with Gasteiger partial charge in [0.05, 0.1) is 12.6 Å². The lowest BCUT2D eigenvalue weighted by Crippen LogP contribution is -2.29. The van der Waals surface area contributed by atoms with Gasteiger partial charge >= 0.3 is 0 Å². The Labute approximate surface area is 99.3 Å². The number of nitriles is 1. The Balaban J connectivity index is 2.73. The van der Waals surface area contributed by atoms with E-state index in [2.05, 4.69) is 11.9 Å². The van der Waals surface area contributed by atoms with Crippen LogP contribution in [0.5, 0.6) is 0 Å². The zero-order chi connectivity index (χ0) is 12.0. The van der Waals surface area contributed by atoms with Crippen LogP contribution in [0.3, 0.4) is 0 Å². The van der Waals surface area contributed by atoms with Crippen LogP contribution in [0.25, 0.3) is 0 Å². The van der Waals surface area contributed by atoms with Crippen molar-refractivity contribution in [3.05, 3.63) is 47.5 Å². The minimum atomic E-state index is -0.808.